The van der Waals surface area contributed by atoms with Crippen molar-refractivity contribution in [3.63, 3.8) is 0 Å². The number of hydrogen-bond acceptors (Lipinski definition) is 6. The molecule has 0 saturated carbocycles. The zero-order valence-electron chi connectivity index (χ0n) is 16.0. The summed E-state index contributed by atoms with van der Waals surface area (Å²) in [6.07, 6.45) is 1.02. The maximum absolute atomic E-state index is 5.58. The summed E-state index contributed by atoms with van der Waals surface area (Å²) in [6, 6.07) is 8.05. The van der Waals surface area contributed by atoms with Crippen LogP contribution in [0.3, 0.4) is 0 Å². The Balaban J connectivity index is 1.90. The van der Waals surface area contributed by atoms with Gasteiger partial charge >= 0.3 is 0 Å². The van der Waals surface area contributed by atoms with E-state index in [2.05, 4.69) is 33.9 Å². The smallest absolute Gasteiger partial charge is 0.165 e. The number of nitrogens with zero attached hydrogens (tertiary/aromatic N) is 3. The van der Waals surface area contributed by atoms with Gasteiger partial charge in [0, 0.05) is 37.2 Å². The van der Waals surface area contributed by atoms with Crippen LogP contribution in [0.1, 0.15) is 36.3 Å². The molecule has 1 saturated heterocycles. The van der Waals surface area contributed by atoms with E-state index in [1.807, 2.05) is 19.1 Å². The van der Waals surface area contributed by atoms with Gasteiger partial charge in [-0.2, -0.15) is 0 Å². The molecule has 1 fully saturated rings. The monoisotopic (exact) mass is 357 g/mol. The molecule has 0 radical (unpaired) electrons. The lowest BCUT2D eigenvalue weighted by molar-refractivity contribution is 0.193. The van der Waals surface area contributed by atoms with Gasteiger partial charge in [0.2, 0.25) is 0 Å². The Kier molecular flexibility index (Phi) is 5.93. The lowest BCUT2D eigenvalue weighted by Crippen LogP contribution is -2.24. The zero-order valence-corrected chi connectivity index (χ0v) is 16.0. The molecule has 1 unspecified atom stereocenters. The Morgan fingerprint density at radius 2 is 2.08 bits per heavy atom. The van der Waals surface area contributed by atoms with Gasteiger partial charge in [-0.25, -0.2) is 9.97 Å². The number of aryl methyl sites for hydroxylation is 1. The highest BCUT2D eigenvalue weighted by Gasteiger charge is 2.22. The summed E-state index contributed by atoms with van der Waals surface area (Å²) < 4.78 is 16.5. The fourth-order valence-electron chi connectivity index (χ4n) is 3.35. The lowest BCUT2D eigenvalue weighted by atomic mass is 10.0. The average Bonchev–Trinajstić information content (AvgIpc) is 3.20. The van der Waals surface area contributed by atoms with E-state index in [1.54, 1.807) is 14.2 Å². The van der Waals surface area contributed by atoms with E-state index in [1.165, 1.54) is 0 Å². The van der Waals surface area contributed by atoms with Gasteiger partial charge in [-0.3, -0.25) is 0 Å². The number of anilines is 1. The SMILES string of the molecule is CCN(Cc1cccc(OC)c1OC)c1cc(C2CCOC2)nc(C)n1. The standard InChI is InChI=1S/C20H27N3O3/c1-5-23(12-15-7-6-8-18(24-3)20(15)25-4)19-11-17(21-14(2)22-19)16-9-10-26-13-16/h6-8,11,16H,5,9-10,12-13H2,1-4H3. The van der Waals surface area contributed by atoms with E-state index in [4.69, 9.17) is 14.2 Å². The Bertz CT molecular complexity index is 745. The predicted octanol–water partition coefficient (Wildman–Crippen LogP) is 3.33. The molecule has 140 valence electrons. The van der Waals surface area contributed by atoms with E-state index >= 15 is 0 Å². The normalized spacial score (nSPS) is 16.5. The van der Waals surface area contributed by atoms with Crippen LogP contribution in [0.4, 0.5) is 5.82 Å². The predicted molar refractivity (Wildman–Crippen MR) is 101 cm³/mol. The molecule has 3 rings (SSSR count). The number of benzene rings is 1. The van der Waals surface area contributed by atoms with Gasteiger partial charge in [0.1, 0.15) is 11.6 Å². The second kappa shape index (κ2) is 8.36. The van der Waals surface area contributed by atoms with Crippen LogP contribution >= 0.6 is 0 Å². The number of para-hydroxylation sites is 1. The third-order valence-electron chi connectivity index (χ3n) is 4.74. The molecule has 26 heavy (non-hydrogen) atoms. The van der Waals surface area contributed by atoms with Crippen LogP contribution in [-0.2, 0) is 11.3 Å². The summed E-state index contributed by atoms with van der Waals surface area (Å²) in [6.45, 7) is 7.14. The van der Waals surface area contributed by atoms with E-state index in [0.29, 0.717) is 12.5 Å². The highest BCUT2D eigenvalue weighted by molar-refractivity contribution is 5.50. The average molecular weight is 357 g/mol. The molecular weight excluding hydrogens is 330 g/mol. The molecule has 2 heterocycles. The van der Waals surface area contributed by atoms with Crippen LogP contribution in [0.2, 0.25) is 0 Å². The minimum Gasteiger partial charge on any atom is -0.493 e. The molecule has 0 amide bonds. The molecule has 2 aromatic rings. The summed E-state index contributed by atoms with van der Waals surface area (Å²) in [5.41, 5.74) is 2.14. The van der Waals surface area contributed by atoms with Crippen molar-refractivity contribution in [2.75, 3.05) is 38.9 Å². The van der Waals surface area contributed by atoms with Gasteiger partial charge in [-0.05, 0) is 26.3 Å². The van der Waals surface area contributed by atoms with Gasteiger partial charge < -0.3 is 19.1 Å². The van der Waals surface area contributed by atoms with Crippen molar-refractivity contribution < 1.29 is 14.2 Å². The van der Waals surface area contributed by atoms with Crippen molar-refractivity contribution in [2.24, 2.45) is 0 Å². The first-order valence-electron chi connectivity index (χ1n) is 9.04. The second-order valence-electron chi connectivity index (χ2n) is 6.43. The Morgan fingerprint density at radius 1 is 1.23 bits per heavy atom. The fourth-order valence-corrected chi connectivity index (χ4v) is 3.35. The quantitative estimate of drug-likeness (QED) is 0.758. The van der Waals surface area contributed by atoms with E-state index in [-0.39, 0.29) is 0 Å². The molecule has 1 aromatic heterocycles. The molecule has 0 bridgehead atoms. The molecular formula is C20H27N3O3. The van der Waals surface area contributed by atoms with Crippen molar-refractivity contribution in [1.82, 2.24) is 9.97 Å². The molecule has 6 heteroatoms. The largest absolute Gasteiger partial charge is 0.493 e. The van der Waals surface area contributed by atoms with Crippen LogP contribution in [0.5, 0.6) is 11.5 Å². The van der Waals surface area contributed by atoms with E-state index in [0.717, 1.165) is 60.6 Å². The lowest BCUT2D eigenvalue weighted by Gasteiger charge is -2.25. The fraction of sp³-hybridized carbons (Fsp3) is 0.500. The highest BCUT2D eigenvalue weighted by Crippen LogP contribution is 2.33. The molecule has 6 nitrogen and oxygen atoms in total. The number of aromatic nitrogens is 2. The topological polar surface area (TPSA) is 56.7 Å². The highest BCUT2D eigenvalue weighted by atomic mass is 16.5. The van der Waals surface area contributed by atoms with Crippen molar-refractivity contribution in [2.45, 2.75) is 32.7 Å². The maximum Gasteiger partial charge on any atom is 0.165 e. The van der Waals surface area contributed by atoms with Crippen LogP contribution in [0, 0.1) is 6.92 Å². The molecule has 1 aromatic carbocycles. The summed E-state index contributed by atoms with van der Waals surface area (Å²) in [5, 5.41) is 0. The number of hydrogen-bond donors (Lipinski definition) is 0. The van der Waals surface area contributed by atoms with Crippen LogP contribution in [0.25, 0.3) is 0 Å². The first-order chi connectivity index (χ1) is 12.7. The van der Waals surface area contributed by atoms with Gasteiger partial charge in [0.05, 0.1) is 26.5 Å². The Morgan fingerprint density at radius 3 is 2.73 bits per heavy atom. The molecule has 0 spiro atoms. The second-order valence-corrected chi connectivity index (χ2v) is 6.43. The number of methoxy groups -OCH3 is 2. The summed E-state index contributed by atoms with van der Waals surface area (Å²) >= 11 is 0. The molecule has 1 aliphatic heterocycles. The maximum atomic E-state index is 5.58. The van der Waals surface area contributed by atoms with Crippen LogP contribution < -0.4 is 14.4 Å². The molecule has 1 atom stereocenters. The molecule has 1 aliphatic rings. The van der Waals surface area contributed by atoms with Crippen molar-refractivity contribution >= 4 is 5.82 Å². The number of ether oxygens (including phenoxy) is 3. The van der Waals surface area contributed by atoms with Crippen LogP contribution in [0.15, 0.2) is 24.3 Å². The van der Waals surface area contributed by atoms with E-state index < -0.39 is 0 Å². The van der Waals surface area contributed by atoms with E-state index in [9.17, 15) is 0 Å². The summed E-state index contributed by atoms with van der Waals surface area (Å²) in [4.78, 5) is 11.5. The van der Waals surface area contributed by atoms with Gasteiger partial charge in [-0.1, -0.05) is 12.1 Å². The molecule has 0 aliphatic carbocycles. The Labute approximate surface area is 155 Å². The van der Waals surface area contributed by atoms with Gasteiger partial charge in [-0.15, -0.1) is 0 Å². The third-order valence-corrected chi connectivity index (χ3v) is 4.74. The summed E-state index contributed by atoms with van der Waals surface area (Å²) in [7, 11) is 3.33. The van der Waals surface area contributed by atoms with Crippen LogP contribution in [-0.4, -0.2) is 43.9 Å². The zero-order chi connectivity index (χ0) is 18.5. The minimum atomic E-state index is 0.362. The Hall–Kier alpha value is -2.34. The van der Waals surface area contributed by atoms with Gasteiger partial charge in [0.25, 0.3) is 0 Å². The summed E-state index contributed by atoms with van der Waals surface area (Å²) in [5.74, 6) is 3.60. The first-order valence-corrected chi connectivity index (χ1v) is 9.04. The first kappa shape index (κ1) is 18.5. The number of rotatable bonds is 7. The van der Waals surface area contributed by atoms with Crippen molar-refractivity contribution in [1.29, 1.82) is 0 Å². The third kappa shape index (κ3) is 3.90. The molecule has 0 N–H and O–H groups in total. The van der Waals surface area contributed by atoms with Gasteiger partial charge in [0.15, 0.2) is 11.5 Å². The van der Waals surface area contributed by atoms with Crippen molar-refractivity contribution in [3.8, 4) is 11.5 Å². The minimum absolute atomic E-state index is 0.362. The van der Waals surface area contributed by atoms with Crippen molar-refractivity contribution in [3.05, 3.63) is 41.3 Å².